The van der Waals surface area contributed by atoms with Crippen LogP contribution in [0.15, 0.2) is 60.7 Å². The van der Waals surface area contributed by atoms with E-state index in [0.29, 0.717) is 12.0 Å². The van der Waals surface area contributed by atoms with Crippen LogP contribution in [0.3, 0.4) is 0 Å². The fraction of sp³-hybridized carbons (Fsp3) is 0.538. The summed E-state index contributed by atoms with van der Waals surface area (Å²) in [5.41, 5.74) is 9.48. The lowest BCUT2D eigenvalue weighted by Crippen LogP contribution is -2.56. The summed E-state index contributed by atoms with van der Waals surface area (Å²) in [6.07, 6.45) is 6.24. The Morgan fingerprint density at radius 2 is 1.59 bits per heavy atom. The molecule has 2 aliphatic rings. The molecule has 0 amide bonds. The molecule has 2 aromatic carbocycles. The van der Waals surface area contributed by atoms with Crippen LogP contribution < -0.4 is 5.73 Å². The van der Waals surface area contributed by atoms with Crippen molar-refractivity contribution in [3.05, 3.63) is 71.8 Å². The van der Waals surface area contributed by atoms with Crippen molar-refractivity contribution in [3.63, 3.8) is 0 Å². The van der Waals surface area contributed by atoms with Gasteiger partial charge in [-0.3, -0.25) is 4.90 Å². The van der Waals surface area contributed by atoms with Crippen molar-refractivity contribution in [1.29, 1.82) is 0 Å². The Hall–Kier alpha value is -1.68. The predicted molar refractivity (Wildman–Crippen MR) is 120 cm³/mol. The minimum atomic E-state index is 0.0311. The number of rotatable bonds is 6. The van der Waals surface area contributed by atoms with Crippen LogP contribution in [0.2, 0.25) is 0 Å². The molecule has 4 rings (SSSR count). The van der Waals surface area contributed by atoms with Crippen LogP contribution in [0.5, 0.6) is 0 Å². The molecular weight excluding hydrogens is 356 g/mol. The number of ether oxygens (including phenoxy) is 1. The van der Waals surface area contributed by atoms with Gasteiger partial charge in [-0.1, -0.05) is 67.6 Å². The minimum Gasteiger partial charge on any atom is -0.378 e. The lowest BCUT2D eigenvalue weighted by Gasteiger charge is -2.45. The number of hydrogen-bond donors (Lipinski definition) is 1. The van der Waals surface area contributed by atoms with Crippen LogP contribution in [-0.2, 0) is 11.3 Å². The molecule has 3 heteroatoms. The average molecular weight is 393 g/mol. The van der Waals surface area contributed by atoms with E-state index in [1.807, 2.05) is 0 Å². The van der Waals surface area contributed by atoms with E-state index in [9.17, 15) is 0 Å². The van der Waals surface area contributed by atoms with Gasteiger partial charge < -0.3 is 10.5 Å². The van der Waals surface area contributed by atoms with Crippen LogP contribution in [0.4, 0.5) is 0 Å². The highest BCUT2D eigenvalue weighted by Crippen LogP contribution is 2.36. The van der Waals surface area contributed by atoms with Gasteiger partial charge in [0.15, 0.2) is 0 Å². The molecule has 0 radical (unpaired) electrons. The van der Waals surface area contributed by atoms with Crippen molar-refractivity contribution >= 4 is 0 Å². The predicted octanol–water partition coefficient (Wildman–Crippen LogP) is 4.97. The van der Waals surface area contributed by atoms with E-state index in [1.54, 1.807) is 0 Å². The molecule has 1 aliphatic heterocycles. The summed E-state index contributed by atoms with van der Waals surface area (Å²) in [4.78, 5) is 2.55. The van der Waals surface area contributed by atoms with E-state index in [0.717, 1.165) is 32.7 Å². The highest BCUT2D eigenvalue weighted by Gasteiger charge is 2.38. The van der Waals surface area contributed by atoms with Crippen LogP contribution in [0.1, 0.15) is 56.1 Å². The molecule has 0 aromatic heterocycles. The first kappa shape index (κ1) is 20.6. The summed E-state index contributed by atoms with van der Waals surface area (Å²) in [6.45, 7) is 6.20. The Kier molecular flexibility index (Phi) is 6.69. The van der Waals surface area contributed by atoms with Crippen molar-refractivity contribution < 1.29 is 4.74 Å². The molecule has 2 aromatic rings. The lowest BCUT2D eigenvalue weighted by molar-refractivity contribution is -0.0559. The molecule has 2 N–H and O–H groups in total. The summed E-state index contributed by atoms with van der Waals surface area (Å²) in [6, 6.07) is 21.9. The molecular formula is C26H36N2O. The second-order valence-electron chi connectivity index (χ2n) is 9.44. The average Bonchev–Trinajstić information content (AvgIpc) is 2.77. The number of nitrogens with two attached hydrogens (primary N) is 1. The quantitative estimate of drug-likeness (QED) is 0.754. The molecule has 2 atom stereocenters. The number of piperidine rings is 1. The number of benzene rings is 2. The normalized spacial score (nSPS) is 30.9. The zero-order chi connectivity index (χ0) is 20.1. The monoisotopic (exact) mass is 392 g/mol. The Labute approximate surface area is 176 Å². The Bertz CT molecular complexity index is 742. The van der Waals surface area contributed by atoms with E-state index >= 15 is 0 Å². The van der Waals surface area contributed by atoms with Crippen LogP contribution in [0, 0.1) is 5.41 Å². The highest BCUT2D eigenvalue weighted by molar-refractivity contribution is 5.20. The third-order valence-electron chi connectivity index (χ3n) is 7.08. The molecule has 3 nitrogen and oxygen atoms in total. The van der Waals surface area contributed by atoms with Gasteiger partial charge in [0.05, 0.1) is 12.7 Å². The van der Waals surface area contributed by atoms with Crippen molar-refractivity contribution in [2.45, 2.75) is 63.6 Å². The number of likely N-dealkylation sites (tertiary alicyclic amines) is 1. The zero-order valence-corrected chi connectivity index (χ0v) is 17.8. The van der Waals surface area contributed by atoms with Crippen LogP contribution >= 0.6 is 0 Å². The van der Waals surface area contributed by atoms with Gasteiger partial charge in [0, 0.05) is 31.1 Å². The molecule has 0 bridgehead atoms. The largest absolute Gasteiger partial charge is 0.378 e. The van der Waals surface area contributed by atoms with Gasteiger partial charge in [-0.2, -0.15) is 0 Å². The van der Waals surface area contributed by atoms with E-state index in [2.05, 4.69) is 72.5 Å². The maximum Gasteiger partial charge on any atom is 0.0575 e. The van der Waals surface area contributed by atoms with Gasteiger partial charge in [0.2, 0.25) is 0 Å². The molecule has 156 valence electrons. The summed E-state index contributed by atoms with van der Waals surface area (Å²) < 4.78 is 6.47. The Morgan fingerprint density at radius 3 is 2.28 bits per heavy atom. The van der Waals surface area contributed by atoms with Crippen molar-refractivity contribution in [2.75, 3.05) is 19.7 Å². The SMILES string of the molecule is CC1(COC2CCC(c3ccccc3)CC2)CN(Cc2ccccc2)CCC1N. The molecule has 29 heavy (non-hydrogen) atoms. The van der Waals surface area contributed by atoms with E-state index < -0.39 is 0 Å². The Morgan fingerprint density at radius 1 is 0.931 bits per heavy atom. The molecule has 0 spiro atoms. The van der Waals surface area contributed by atoms with Gasteiger partial charge in [0.25, 0.3) is 0 Å². The van der Waals surface area contributed by atoms with Crippen molar-refractivity contribution in [3.8, 4) is 0 Å². The standard InChI is InChI=1S/C26H36N2O/c1-26(19-28(17-16-25(26)27)18-21-8-4-2-5-9-21)20-29-24-14-12-23(13-15-24)22-10-6-3-7-11-22/h2-11,23-25H,12-20,27H2,1H3. The summed E-state index contributed by atoms with van der Waals surface area (Å²) in [5, 5.41) is 0. The van der Waals surface area contributed by atoms with Gasteiger partial charge in [-0.25, -0.2) is 0 Å². The Balaban J connectivity index is 1.28. The first-order valence-corrected chi connectivity index (χ1v) is 11.3. The minimum absolute atomic E-state index is 0.0311. The molecule has 1 saturated carbocycles. The smallest absolute Gasteiger partial charge is 0.0575 e. The number of hydrogen-bond acceptors (Lipinski definition) is 3. The van der Waals surface area contributed by atoms with E-state index in [1.165, 1.54) is 36.8 Å². The molecule has 2 unspecified atom stereocenters. The maximum absolute atomic E-state index is 6.58. The molecule has 1 heterocycles. The third kappa shape index (κ3) is 5.28. The van der Waals surface area contributed by atoms with Crippen molar-refractivity contribution in [2.24, 2.45) is 11.1 Å². The fourth-order valence-corrected chi connectivity index (χ4v) is 5.10. The topological polar surface area (TPSA) is 38.5 Å². The van der Waals surface area contributed by atoms with Gasteiger partial charge >= 0.3 is 0 Å². The second kappa shape index (κ2) is 9.42. The molecule has 2 fully saturated rings. The molecule has 1 saturated heterocycles. The lowest BCUT2D eigenvalue weighted by atomic mass is 9.78. The highest BCUT2D eigenvalue weighted by atomic mass is 16.5. The van der Waals surface area contributed by atoms with Gasteiger partial charge in [-0.05, 0) is 49.1 Å². The number of nitrogens with zero attached hydrogens (tertiary/aromatic N) is 1. The summed E-state index contributed by atoms with van der Waals surface area (Å²) in [7, 11) is 0. The van der Waals surface area contributed by atoms with E-state index in [4.69, 9.17) is 10.5 Å². The molecule has 1 aliphatic carbocycles. The van der Waals surface area contributed by atoms with Gasteiger partial charge in [0.1, 0.15) is 0 Å². The van der Waals surface area contributed by atoms with Crippen molar-refractivity contribution in [1.82, 2.24) is 4.90 Å². The van der Waals surface area contributed by atoms with Gasteiger partial charge in [-0.15, -0.1) is 0 Å². The fourth-order valence-electron chi connectivity index (χ4n) is 5.10. The van der Waals surface area contributed by atoms with E-state index in [-0.39, 0.29) is 11.5 Å². The zero-order valence-electron chi connectivity index (χ0n) is 17.8. The summed E-state index contributed by atoms with van der Waals surface area (Å²) >= 11 is 0. The summed E-state index contributed by atoms with van der Waals surface area (Å²) in [5.74, 6) is 0.699. The second-order valence-corrected chi connectivity index (χ2v) is 9.44. The van der Waals surface area contributed by atoms with Crippen LogP contribution in [0.25, 0.3) is 0 Å². The first-order chi connectivity index (χ1) is 14.1. The first-order valence-electron chi connectivity index (χ1n) is 11.3. The maximum atomic E-state index is 6.58. The third-order valence-corrected chi connectivity index (χ3v) is 7.08. The van der Waals surface area contributed by atoms with Crippen LogP contribution in [-0.4, -0.2) is 36.7 Å².